The summed E-state index contributed by atoms with van der Waals surface area (Å²) in [6.07, 6.45) is 0.863. The molecular formula is C22H28OP2. The molecule has 1 nitrogen and oxygen atoms in total. The fourth-order valence-corrected chi connectivity index (χ4v) is 9.61. The predicted octanol–water partition coefficient (Wildman–Crippen LogP) is 6.76. The van der Waals surface area contributed by atoms with Crippen molar-refractivity contribution < 1.29 is 4.74 Å². The Kier molecular flexibility index (Phi) is 5.50. The van der Waals surface area contributed by atoms with E-state index < -0.39 is 0 Å². The van der Waals surface area contributed by atoms with E-state index in [9.17, 15) is 0 Å². The van der Waals surface area contributed by atoms with Gasteiger partial charge in [0.25, 0.3) is 0 Å². The van der Waals surface area contributed by atoms with E-state index >= 15 is 0 Å². The molecule has 2 aromatic carbocycles. The number of methoxy groups -OCH3 is 1. The Balaban J connectivity index is 2.08. The van der Waals surface area contributed by atoms with Gasteiger partial charge in [0.1, 0.15) is 0 Å². The molecule has 1 aliphatic rings. The number of aryl methyl sites for hydroxylation is 6. The molecule has 0 bridgehead atoms. The van der Waals surface area contributed by atoms with E-state index in [4.69, 9.17) is 4.74 Å². The van der Waals surface area contributed by atoms with Crippen LogP contribution in [-0.4, -0.2) is 18.5 Å². The highest BCUT2D eigenvalue weighted by molar-refractivity contribution is 7.98. The first-order valence-electron chi connectivity index (χ1n) is 8.82. The van der Waals surface area contributed by atoms with Crippen molar-refractivity contribution in [2.24, 2.45) is 0 Å². The molecule has 0 saturated heterocycles. The van der Waals surface area contributed by atoms with E-state index in [1.54, 1.807) is 10.6 Å². The lowest BCUT2D eigenvalue weighted by atomic mass is 10.0. The first-order valence-corrected chi connectivity index (χ1v) is 11.4. The Morgan fingerprint density at radius 3 is 1.80 bits per heavy atom. The third-order valence-corrected chi connectivity index (χ3v) is 10.4. The largest absolute Gasteiger partial charge is 0.380 e. The summed E-state index contributed by atoms with van der Waals surface area (Å²) in [4.78, 5) is 0. The second-order valence-corrected chi connectivity index (χ2v) is 11.4. The highest BCUT2D eigenvalue weighted by Crippen LogP contribution is 2.71. The fourth-order valence-electron chi connectivity index (χ4n) is 4.15. The number of benzene rings is 2. The topological polar surface area (TPSA) is 9.23 Å². The van der Waals surface area contributed by atoms with E-state index in [-0.39, 0.29) is 7.92 Å². The van der Waals surface area contributed by atoms with Crippen LogP contribution in [0.5, 0.6) is 0 Å². The maximum absolute atomic E-state index is 5.66. The van der Waals surface area contributed by atoms with E-state index in [0.717, 1.165) is 6.35 Å². The third kappa shape index (κ3) is 3.48. The molecule has 2 unspecified atom stereocenters. The van der Waals surface area contributed by atoms with Crippen LogP contribution < -0.4 is 0 Å². The van der Waals surface area contributed by atoms with E-state index in [1.165, 1.54) is 47.1 Å². The number of ether oxygens (including phenoxy) is 1. The maximum Gasteiger partial charge on any atom is 0.0713 e. The molecule has 2 aromatic rings. The smallest absolute Gasteiger partial charge is 0.0713 e. The van der Waals surface area contributed by atoms with Gasteiger partial charge in [-0.2, -0.15) is 0 Å². The van der Waals surface area contributed by atoms with Crippen molar-refractivity contribution in [3.8, 4) is 0 Å². The van der Waals surface area contributed by atoms with Crippen LogP contribution in [0.1, 0.15) is 49.9 Å². The van der Waals surface area contributed by atoms with Crippen LogP contribution in [0.3, 0.4) is 0 Å². The van der Waals surface area contributed by atoms with E-state index in [2.05, 4.69) is 65.8 Å². The molecule has 0 spiro atoms. The van der Waals surface area contributed by atoms with Crippen LogP contribution in [0, 0.1) is 41.5 Å². The lowest BCUT2D eigenvalue weighted by Crippen LogP contribution is -2.17. The summed E-state index contributed by atoms with van der Waals surface area (Å²) in [6, 6.07) is 9.30. The highest BCUT2D eigenvalue weighted by atomic mass is 31.2. The molecular weight excluding hydrogens is 342 g/mol. The molecule has 1 heterocycles. The quantitative estimate of drug-likeness (QED) is 0.540. The van der Waals surface area contributed by atoms with Crippen molar-refractivity contribution in [1.29, 1.82) is 0 Å². The minimum atomic E-state index is -0.279. The summed E-state index contributed by atoms with van der Waals surface area (Å²) < 4.78 is 5.66. The average Bonchev–Trinajstić information content (AvgIpc) is 2.48. The van der Waals surface area contributed by atoms with E-state index in [0.29, 0.717) is 5.40 Å². The van der Waals surface area contributed by atoms with Crippen molar-refractivity contribution in [2.45, 2.75) is 46.9 Å². The normalized spacial score (nSPS) is 20.2. The van der Waals surface area contributed by atoms with Gasteiger partial charge in [-0.3, -0.25) is 0 Å². The highest BCUT2D eigenvalue weighted by Gasteiger charge is 2.37. The summed E-state index contributed by atoms with van der Waals surface area (Å²) in [5, 5.41) is 2.24. The van der Waals surface area contributed by atoms with Gasteiger partial charge in [0.2, 0.25) is 0 Å². The summed E-state index contributed by atoms with van der Waals surface area (Å²) in [5.74, 6) is 0. The SMILES string of the molecule is COCP1C(c2c(C)cc(C)cc2C)=PC1c1c(C)cc(C)cc1C. The molecule has 0 radical (unpaired) electrons. The molecule has 25 heavy (non-hydrogen) atoms. The predicted molar refractivity (Wildman–Crippen MR) is 114 cm³/mol. The minimum Gasteiger partial charge on any atom is -0.380 e. The van der Waals surface area contributed by atoms with Gasteiger partial charge < -0.3 is 4.74 Å². The van der Waals surface area contributed by atoms with Gasteiger partial charge in [-0.25, -0.2) is 0 Å². The molecule has 0 fully saturated rings. The van der Waals surface area contributed by atoms with Crippen LogP contribution in [0.4, 0.5) is 0 Å². The van der Waals surface area contributed by atoms with Crippen LogP contribution >= 0.6 is 16.1 Å². The van der Waals surface area contributed by atoms with Gasteiger partial charge in [-0.05, 0) is 82.8 Å². The van der Waals surface area contributed by atoms with Crippen molar-refractivity contribution in [3.63, 3.8) is 0 Å². The second kappa shape index (κ2) is 7.32. The Labute approximate surface area is 155 Å². The Bertz CT molecular complexity index is 805. The molecule has 132 valence electrons. The lowest BCUT2D eigenvalue weighted by Gasteiger charge is -2.38. The molecule has 2 atom stereocenters. The third-order valence-electron chi connectivity index (χ3n) is 4.98. The summed E-state index contributed by atoms with van der Waals surface area (Å²) in [7, 11) is 3.04. The van der Waals surface area contributed by atoms with E-state index in [1.807, 2.05) is 7.11 Å². The molecule has 0 saturated carbocycles. The lowest BCUT2D eigenvalue weighted by molar-refractivity contribution is 0.255. The zero-order chi connectivity index (χ0) is 18.3. The molecule has 0 N–H and O–H groups in total. The molecule has 3 rings (SSSR count). The molecule has 3 heteroatoms. The fraction of sp³-hybridized carbons (Fsp3) is 0.409. The van der Waals surface area contributed by atoms with Gasteiger partial charge in [0.15, 0.2) is 0 Å². The Morgan fingerprint density at radius 2 is 1.32 bits per heavy atom. The molecule has 0 aliphatic carbocycles. The van der Waals surface area contributed by atoms with Gasteiger partial charge in [0.05, 0.1) is 11.7 Å². The average molecular weight is 370 g/mol. The van der Waals surface area contributed by atoms with Crippen molar-refractivity contribution in [3.05, 3.63) is 68.8 Å². The number of rotatable bonds is 4. The maximum atomic E-state index is 5.66. The number of hydrogen-bond acceptors (Lipinski definition) is 1. The Hall–Kier alpha value is -1.00. The Morgan fingerprint density at radius 1 is 0.840 bits per heavy atom. The van der Waals surface area contributed by atoms with Crippen molar-refractivity contribution >= 4 is 21.2 Å². The van der Waals surface area contributed by atoms with Crippen LogP contribution in [0.25, 0.3) is 0 Å². The standard InChI is InChI=1S/C22H28OP2/c1-13-8-15(3)19(16(4)9-13)21-24-22(25(21)12-23-7)20-17(5)10-14(2)11-18(20)6/h8-11,21H,12H2,1-7H3. The summed E-state index contributed by atoms with van der Waals surface area (Å²) >= 11 is 0. The van der Waals surface area contributed by atoms with Gasteiger partial charge in [-0.15, -0.1) is 0 Å². The molecule has 1 aliphatic heterocycles. The monoisotopic (exact) mass is 370 g/mol. The van der Waals surface area contributed by atoms with Crippen molar-refractivity contribution in [2.75, 3.05) is 13.5 Å². The van der Waals surface area contributed by atoms with Gasteiger partial charge >= 0.3 is 0 Å². The first kappa shape index (κ1) is 18.8. The molecule has 0 amide bonds. The van der Waals surface area contributed by atoms with Gasteiger partial charge in [0, 0.05) is 12.1 Å². The zero-order valence-corrected chi connectivity index (χ0v) is 18.2. The second-order valence-electron chi connectivity index (χ2n) is 7.30. The van der Waals surface area contributed by atoms with Crippen molar-refractivity contribution in [1.82, 2.24) is 0 Å². The van der Waals surface area contributed by atoms with Crippen LogP contribution in [0.15, 0.2) is 24.3 Å². The van der Waals surface area contributed by atoms with Crippen LogP contribution in [-0.2, 0) is 4.74 Å². The summed E-state index contributed by atoms with van der Waals surface area (Å²) in [5.41, 5.74) is 11.5. The van der Waals surface area contributed by atoms with Crippen LogP contribution in [0.2, 0.25) is 0 Å². The number of hydrogen-bond donors (Lipinski definition) is 0. The zero-order valence-electron chi connectivity index (χ0n) is 16.4. The first-order chi connectivity index (χ1) is 11.8. The summed E-state index contributed by atoms with van der Waals surface area (Å²) in [6.45, 7) is 13.4. The minimum absolute atomic E-state index is 0.279. The molecule has 0 aromatic heterocycles. The van der Waals surface area contributed by atoms with Gasteiger partial charge in [-0.1, -0.05) is 43.6 Å².